The van der Waals surface area contributed by atoms with E-state index in [4.69, 9.17) is 11.6 Å². The van der Waals surface area contributed by atoms with Crippen LogP contribution in [-0.2, 0) is 16.6 Å². The van der Waals surface area contributed by atoms with Gasteiger partial charge >= 0.3 is 0 Å². The van der Waals surface area contributed by atoms with Crippen LogP contribution in [0.4, 0.5) is 0 Å². The predicted octanol–water partition coefficient (Wildman–Crippen LogP) is 3.02. The molecule has 0 spiro atoms. The van der Waals surface area contributed by atoms with Crippen molar-refractivity contribution < 1.29 is 13.2 Å². The molecule has 0 saturated carbocycles. The molecule has 0 saturated heterocycles. The maximum Gasteiger partial charge on any atom is 0.253 e. The summed E-state index contributed by atoms with van der Waals surface area (Å²) < 4.78 is 26.9. The van der Waals surface area contributed by atoms with Crippen LogP contribution >= 0.6 is 22.9 Å². The monoisotopic (exact) mass is 372 g/mol. The van der Waals surface area contributed by atoms with Crippen molar-refractivity contribution in [2.24, 2.45) is 0 Å². The first-order valence-corrected chi connectivity index (χ1v) is 9.71. The summed E-state index contributed by atoms with van der Waals surface area (Å²) in [6, 6.07) is 5.74. The molecule has 1 heterocycles. The molecule has 0 fully saturated rings. The van der Waals surface area contributed by atoms with Gasteiger partial charge in [-0.3, -0.25) is 4.79 Å². The van der Waals surface area contributed by atoms with Crippen LogP contribution in [0.1, 0.15) is 29.8 Å². The zero-order valence-electron chi connectivity index (χ0n) is 12.7. The molecule has 0 unspecified atom stereocenters. The maximum atomic E-state index is 12.3. The average molecular weight is 373 g/mol. The summed E-state index contributed by atoms with van der Waals surface area (Å²) in [6.07, 6.45) is 0. The highest BCUT2D eigenvalue weighted by Crippen LogP contribution is 2.21. The van der Waals surface area contributed by atoms with Gasteiger partial charge in [0.25, 0.3) is 5.91 Å². The molecular formula is C15H17ClN2O3S2. The summed E-state index contributed by atoms with van der Waals surface area (Å²) in [5, 5.41) is 6.78. The van der Waals surface area contributed by atoms with Gasteiger partial charge in [0, 0.05) is 12.6 Å². The molecule has 0 aliphatic rings. The summed E-state index contributed by atoms with van der Waals surface area (Å²) in [6.45, 7) is 3.81. The van der Waals surface area contributed by atoms with E-state index < -0.39 is 15.9 Å². The number of benzene rings is 1. The molecular weight excluding hydrogens is 356 g/mol. The highest BCUT2D eigenvalue weighted by Gasteiger charge is 2.19. The number of nitrogens with one attached hydrogen (secondary N) is 2. The third-order valence-corrected chi connectivity index (χ3v) is 5.63. The van der Waals surface area contributed by atoms with Gasteiger partial charge in [-0.1, -0.05) is 11.6 Å². The molecule has 0 radical (unpaired) electrons. The van der Waals surface area contributed by atoms with Crippen LogP contribution in [0.2, 0.25) is 5.02 Å². The number of amides is 1. The first kappa shape index (κ1) is 17.9. The van der Waals surface area contributed by atoms with Crippen LogP contribution < -0.4 is 10.0 Å². The third-order valence-electron chi connectivity index (χ3n) is 2.92. The Balaban J connectivity index is 2.21. The quantitative estimate of drug-likeness (QED) is 0.818. The minimum absolute atomic E-state index is 0.0104. The topological polar surface area (TPSA) is 75.3 Å². The smallest absolute Gasteiger partial charge is 0.253 e. The average Bonchev–Trinajstić information content (AvgIpc) is 2.97. The van der Waals surface area contributed by atoms with Crippen molar-refractivity contribution in [1.29, 1.82) is 0 Å². The zero-order chi connectivity index (χ0) is 17.0. The number of halogens is 1. The molecule has 0 aliphatic carbocycles. The van der Waals surface area contributed by atoms with Gasteiger partial charge in [0.2, 0.25) is 10.0 Å². The number of thiophene rings is 1. The lowest BCUT2D eigenvalue weighted by Gasteiger charge is -2.12. The Morgan fingerprint density at radius 1 is 1.30 bits per heavy atom. The second-order valence-electron chi connectivity index (χ2n) is 5.23. The molecule has 2 rings (SSSR count). The van der Waals surface area contributed by atoms with E-state index in [1.165, 1.54) is 29.5 Å². The molecule has 8 heteroatoms. The lowest BCUT2D eigenvalue weighted by molar-refractivity contribution is 0.0951. The van der Waals surface area contributed by atoms with Crippen LogP contribution in [-0.4, -0.2) is 20.4 Å². The second kappa shape index (κ2) is 7.44. The predicted molar refractivity (Wildman–Crippen MR) is 92.4 cm³/mol. The molecule has 1 amide bonds. The fourth-order valence-electron chi connectivity index (χ4n) is 1.89. The van der Waals surface area contributed by atoms with Gasteiger partial charge in [-0.25, -0.2) is 13.1 Å². The molecule has 1 aromatic heterocycles. The van der Waals surface area contributed by atoms with Crippen LogP contribution in [0.15, 0.2) is 39.9 Å². The molecule has 23 heavy (non-hydrogen) atoms. The number of sulfonamides is 1. The zero-order valence-corrected chi connectivity index (χ0v) is 15.1. The highest BCUT2D eigenvalue weighted by molar-refractivity contribution is 7.89. The first-order valence-electron chi connectivity index (χ1n) is 6.91. The molecule has 5 nitrogen and oxygen atoms in total. The van der Waals surface area contributed by atoms with E-state index in [0.717, 1.165) is 5.56 Å². The third kappa shape index (κ3) is 4.78. The van der Waals surface area contributed by atoms with Gasteiger partial charge in [0.15, 0.2) is 0 Å². The molecule has 0 atom stereocenters. The summed E-state index contributed by atoms with van der Waals surface area (Å²) >= 11 is 7.57. The van der Waals surface area contributed by atoms with E-state index in [0.29, 0.717) is 6.54 Å². The number of rotatable bonds is 6. The summed E-state index contributed by atoms with van der Waals surface area (Å²) in [7, 11) is -3.68. The van der Waals surface area contributed by atoms with Gasteiger partial charge in [-0.15, -0.1) is 0 Å². The van der Waals surface area contributed by atoms with Gasteiger partial charge < -0.3 is 5.32 Å². The minimum Gasteiger partial charge on any atom is -0.348 e. The van der Waals surface area contributed by atoms with E-state index >= 15 is 0 Å². The second-order valence-corrected chi connectivity index (χ2v) is 8.13. The molecule has 2 N–H and O–H groups in total. The minimum atomic E-state index is -3.68. The Kier molecular flexibility index (Phi) is 5.80. The van der Waals surface area contributed by atoms with Crippen molar-refractivity contribution in [2.75, 3.05) is 0 Å². The van der Waals surface area contributed by atoms with Crippen molar-refractivity contribution in [1.82, 2.24) is 10.0 Å². The standard InChI is InChI=1S/C15H17ClN2O3S2/c1-10(2)18-23(20,21)12-3-4-14(16)13(7-12)15(19)17-8-11-5-6-22-9-11/h3-7,9-10,18H,8H2,1-2H3,(H,17,19). The lowest BCUT2D eigenvalue weighted by Crippen LogP contribution is -2.30. The van der Waals surface area contributed by atoms with E-state index in [1.54, 1.807) is 13.8 Å². The van der Waals surface area contributed by atoms with Crippen molar-refractivity contribution in [3.05, 3.63) is 51.2 Å². The molecule has 1 aromatic carbocycles. The fourth-order valence-corrected chi connectivity index (χ4v) is 4.04. The molecule has 0 aliphatic heterocycles. The van der Waals surface area contributed by atoms with Crippen LogP contribution in [0.3, 0.4) is 0 Å². The molecule has 2 aromatic rings. The largest absolute Gasteiger partial charge is 0.348 e. The van der Waals surface area contributed by atoms with Gasteiger partial charge in [0.05, 0.1) is 15.5 Å². The number of hydrogen-bond acceptors (Lipinski definition) is 4. The highest BCUT2D eigenvalue weighted by atomic mass is 35.5. The van der Waals surface area contributed by atoms with Gasteiger partial charge in [-0.2, -0.15) is 11.3 Å². The van der Waals surface area contributed by atoms with Crippen molar-refractivity contribution in [3.63, 3.8) is 0 Å². The normalized spacial score (nSPS) is 11.7. The van der Waals surface area contributed by atoms with Gasteiger partial charge in [-0.05, 0) is 54.4 Å². The van der Waals surface area contributed by atoms with E-state index in [9.17, 15) is 13.2 Å². The number of carbonyl (C=O) groups excluding carboxylic acids is 1. The fraction of sp³-hybridized carbons (Fsp3) is 0.267. The van der Waals surface area contributed by atoms with Crippen molar-refractivity contribution in [2.45, 2.75) is 31.3 Å². The Morgan fingerprint density at radius 2 is 2.04 bits per heavy atom. The van der Waals surface area contributed by atoms with Crippen molar-refractivity contribution >= 4 is 38.9 Å². The molecule has 124 valence electrons. The maximum absolute atomic E-state index is 12.3. The summed E-state index contributed by atoms with van der Waals surface area (Å²) in [5.41, 5.74) is 1.11. The number of carbonyl (C=O) groups is 1. The first-order chi connectivity index (χ1) is 10.8. The van der Waals surface area contributed by atoms with Crippen LogP contribution in [0.5, 0.6) is 0 Å². The van der Waals surface area contributed by atoms with E-state index in [-0.39, 0.29) is 21.5 Å². The molecule has 0 bridgehead atoms. The Labute approximate surface area is 144 Å². The van der Waals surface area contributed by atoms with Gasteiger partial charge in [0.1, 0.15) is 0 Å². The van der Waals surface area contributed by atoms with E-state index in [2.05, 4.69) is 10.0 Å². The Bertz CT molecular complexity index is 787. The summed E-state index contributed by atoms with van der Waals surface area (Å²) in [4.78, 5) is 12.3. The SMILES string of the molecule is CC(C)NS(=O)(=O)c1ccc(Cl)c(C(=O)NCc2ccsc2)c1. The summed E-state index contributed by atoms with van der Waals surface area (Å²) in [5.74, 6) is -0.414. The number of hydrogen-bond donors (Lipinski definition) is 2. The Morgan fingerprint density at radius 3 is 2.65 bits per heavy atom. The van der Waals surface area contributed by atoms with Crippen LogP contribution in [0.25, 0.3) is 0 Å². The Hall–Kier alpha value is -1.41. The van der Waals surface area contributed by atoms with Crippen molar-refractivity contribution in [3.8, 4) is 0 Å². The van der Waals surface area contributed by atoms with Crippen LogP contribution in [0, 0.1) is 0 Å². The lowest BCUT2D eigenvalue weighted by atomic mass is 10.2. The van der Waals surface area contributed by atoms with E-state index in [1.807, 2.05) is 16.8 Å².